The van der Waals surface area contributed by atoms with Crippen LogP contribution in [0.25, 0.3) is 54.6 Å². The lowest BCUT2D eigenvalue weighted by atomic mass is 9.82. The molecule has 0 spiro atoms. The number of rotatable bonds is 4. The summed E-state index contributed by atoms with van der Waals surface area (Å²) in [5.74, 6) is 0. The summed E-state index contributed by atoms with van der Waals surface area (Å²) in [6, 6.07) is 60.3. The average molecular weight is 588 g/mol. The predicted octanol–water partition coefficient (Wildman–Crippen LogP) is 12.6. The molecule has 1 aliphatic carbocycles. The summed E-state index contributed by atoms with van der Waals surface area (Å²) in [4.78, 5) is 2.45. The van der Waals surface area contributed by atoms with Crippen LogP contribution < -0.4 is 4.90 Å². The minimum absolute atomic E-state index is 0.0794. The molecule has 0 unspecified atom stereocenters. The molecule has 0 saturated carbocycles. The van der Waals surface area contributed by atoms with Crippen molar-refractivity contribution < 1.29 is 0 Å². The maximum Gasteiger partial charge on any atom is 0.0546 e. The lowest BCUT2D eigenvalue weighted by Crippen LogP contribution is -2.15. The molecule has 0 radical (unpaired) electrons. The van der Waals surface area contributed by atoms with E-state index in [-0.39, 0.29) is 5.41 Å². The van der Waals surface area contributed by atoms with Gasteiger partial charge in [0.2, 0.25) is 0 Å². The van der Waals surface area contributed by atoms with Gasteiger partial charge in [0.1, 0.15) is 0 Å². The molecule has 0 aliphatic heterocycles. The fraction of sp³-hybridized carbons (Fsp3) is 0.0667. The van der Waals surface area contributed by atoms with Gasteiger partial charge in [-0.2, -0.15) is 0 Å². The number of anilines is 3. The molecule has 0 saturated heterocycles. The smallest absolute Gasteiger partial charge is 0.0546 e. The van der Waals surface area contributed by atoms with Crippen LogP contribution in [-0.4, -0.2) is 0 Å². The van der Waals surface area contributed by atoms with Crippen molar-refractivity contribution in [2.75, 3.05) is 4.90 Å². The molecule has 1 aliphatic rings. The van der Waals surface area contributed by atoms with E-state index < -0.39 is 0 Å². The highest BCUT2D eigenvalue weighted by Crippen LogP contribution is 2.52. The van der Waals surface area contributed by atoms with Crippen molar-refractivity contribution in [3.8, 4) is 22.3 Å². The van der Waals surface area contributed by atoms with Gasteiger partial charge in [-0.25, -0.2) is 0 Å². The third kappa shape index (κ3) is 4.09. The molecule has 0 N–H and O–H groups in total. The second-order valence-electron chi connectivity index (χ2n) is 13.0. The van der Waals surface area contributed by atoms with E-state index >= 15 is 0 Å². The van der Waals surface area contributed by atoms with Crippen molar-refractivity contribution in [3.05, 3.63) is 175 Å². The molecule has 0 bridgehead atoms. The summed E-state index contributed by atoms with van der Waals surface area (Å²) in [5, 5.41) is 7.55. The van der Waals surface area contributed by atoms with Crippen LogP contribution in [-0.2, 0) is 5.41 Å². The summed E-state index contributed by atoms with van der Waals surface area (Å²) in [6.07, 6.45) is 0. The van der Waals surface area contributed by atoms with Gasteiger partial charge in [-0.15, -0.1) is 0 Å². The number of hydrogen-bond acceptors (Lipinski definition) is 1. The summed E-state index contributed by atoms with van der Waals surface area (Å²) in [5.41, 5.74) is 11.2. The molecule has 46 heavy (non-hydrogen) atoms. The number of para-hydroxylation sites is 1. The van der Waals surface area contributed by atoms with Gasteiger partial charge in [-0.05, 0) is 109 Å². The minimum Gasteiger partial charge on any atom is -0.310 e. The Morgan fingerprint density at radius 2 is 1.02 bits per heavy atom. The van der Waals surface area contributed by atoms with Crippen LogP contribution in [0.3, 0.4) is 0 Å². The SMILES string of the molecule is CC1(C)c2ccc(N(c3ccccc3)c3ccc4ccccc4c3-c3ccc4ccccc4c3)cc2-c2cc3ccccc3cc21. The Bertz CT molecular complexity index is 2450. The molecule has 0 amide bonds. The van der Waals surface area contributed by atoms with E-state index in [1.807, 2.05) is 0 Å². The Morgan fingerprint density at radius 3 is 1.80 bits per heavy atom. The summed E-state index contributed by atoms with van der Waals surface area (Å²) < 4.78 is 0. The molecule has 1 nitrogen and oxygen atoms in total. The standard InChI is InChI=1S/C45H33N/c1-45(2)41-24-23-37(29-40(41)39-27-33-15-8-9-16-34(33)28-42(39)45)46(36-17-4-3-5-18-36)43-25-22-31-13-10-11-19-38(31)44(43)35-21-20-30-12-6-7-14-32(30)26-35/h3-29H,1-2H3. The molecule has 0 heterocycles. The van der Waals surface area contributed by atoms with E-state index in [1.54, 1.807) is 0 Å². The van der Waals surface area contributed by atoms with Crippen LogP contribution in [0.2, 0.25) is 0 Å². The fourth-order valence-electron chi connectivity index (χ4n) is 7.66. The van der Waals surface area contributed by atoms with Gasteiger partial charge < -0.3 is 4.90 Å². The Hall–Kier alpha value is -5.66. The third-order valence-corrected chi connectivity index (χ3v) is 9.98. The van der Waals surface area contributed by atoms with Crippen molar-refractivity contribution in [3.63, 3.8) is 0 Å². The van der Waals surface area contributed by atoms with Crippen LogP contribution in [0, 0.1) is 0 Å². The Kier molecular flexibility index (Phi) is 5.92. The van der Waals surface area contributed by atoms with E-state index in [2.05, 4.69) is 183 Å². The zero-order valence-corrected chi connectivity index (χ0v) is 26.0. The molecule has 0 fully saturated rings. The lowest BCUT2D eigenvalue weighted by Gasteiger charge is -2.30. The van der Waals surface area contributed by atoms with Crippen molar-refractivity contribution in [1.82, 2.24) is 0 Å². The first-order valence-electron chi connectivity index (χ1n) is 16.1. The maximum atomic E-state index is 2.45. The van der Waals surface area contributed by atoms with Gasteiger partial charge in [0.05, 0.1) is 5.69 Å². The van der Waals surface area contributed by atoms with E-state index in [1.165, 1.54) is 65.7 Å². The first-order chi connectivity index (χ1) is 22.6. The van der Waals surface area contributed by atoms with Gasteiger partial charge in [0, 0.05) is 22.4 Å². The summed E-state index contributed by atoms with van der Waals surface area (Å²) >= 11 is 0. The topological polar surface area (TPSA) is 3.24 Å². The number of fused-ring (bicyclic) bond motifs is 6. The molecular weight excluding hydrogens is 555 g/mol. The highest BCUT2D eigenvalue weighted by molar-refractivity contribution is 6.07. The predicted molar refractivity (Wildman–Crippen MR) is 197 cm³/mol. The number of hydrogen-bond donors (Lipinski definition) is 0. The van der Waals surface area contributed by atoms with E-state index in [0.717, 1.165) is 17.1 Å². The first kappa shape index (κ1) is 26.7. The Balaban J connectivity index is 1.31. The van der Waals surface area contributed by atoms with Crippen molar-refractivity contribution in [2.45, 2.75) is 19.3 Å². The van der Waals surface area contributed by atoms with E-state index in [0.29, 0.717) is 0 Å². The summed E-state index contributed by atoms with van der Waals surface area (Å²) in [7, 11) is 0. The Labute approximate surface area is 270 Å². The largest absolute Gasteiger partial charge is 0.310 e. The van der Waals surface area contributed by atoms with Crippen LogP contribution in [0.15, 0.2) is 164 Å². The van der Waals surface area contributed by atoms with Crippen LogP contribution in [0.5, 0.6) is 0 Å². The molecule has 218 valence electrons. The molecule has 0 aromatic heterocycles. The zero-order valence-electron chi connectivity index (χ0n) is 26.0. The second-order valence-corrected chi connectivity index (χ2v) is 13.0. The zero-order chi connectivity index (χ0) is 30.8. The van der Waals surface area contributed by atoms with Crippen molar-refractivity contribution in [1.29, 1.82) is 0 Å². The fourth-order valence-corrected chi connectivity index (χ4v) is 7.66. The van der Waals surface area contributed by atoms with Gasteiger partial charge in [-0.3, -0.25) is 0 Å². The van der Waals surface area contributed by atoms with Gasteiger partial charge in [-0.1, -0.05) is 129 Å². The molecule has 8 aromatic rings. The average Bonchev–Trinajstić information content (AvgIpc) is 3.32. The third-order valence-electron chi connectivity index (χ3n) is 9.98. The van der Waals surface area contributed by atoms with E-state index in [4.69, 9.17) is 0 Å². The minimum atomic E-state index is -0.0794. The monoisotopic (exact) mass is 587 g/mol. The van der Waals surface area contributed by atoms with E-state index in [9.17, 15) is 0 Å². The maximum absolute atomic E-state index is 2.45. The Morgan fingerprint density at radius 1 is 0.413 bits per heavy atom. The highest BCUT2D eigenvalue weighted by Gasteiger charge is 2.36. The molecule has 1 heteroatoms. The molecular formula is C45H33N. The quantitative estimate of drug-likeness (QED) is 0.198. The second kappa shape index (κ2) is 10.2. The normalized spacial score (nSPS) is 13.2. The molecule has 8 aromatic carbocycles. The highest BCUT2D eigenvalue weighted by atomic mass is 15.1. The lowest BCUT2D eigenvalue weighted by molar-refractivity contribution is 0.661. The van der Waals surface area contributed by atoms with Crippen LogP contribution in [0.1, 0.15) is 25.0 Å². The van der Waals surface area contributed by atoms with Crippen LogP contribution in [0.4, 0.5) is 17.1 Å². The van der Waals surface area contributed by atoms with Gasteiger partial charge >= 0.3 is 0 Å². The van der Waals surface area contributed by atoms with Gasteiger partial charge in [0.15, 0.2) is 0 Å². The summed E-state index contributed by atoms with van der Waals surface area (Å²) in [6.45, 7) is 4.73. The van der Waals surface area contributed by atoms with Crippen LogP contribution >= 0.6 is 0 Å². The molecule has 0 atom stereocenters. The number of nitrogens with zero attached hydrogens (tertiary/aromatic N) is 1. The molecule has 9 rings (SSSR count). The van der Waals surface area contributed by atoms with Crippen molar-refractivity contribution in [2.24, 2.45) is 0 Å². The number of benzene rings is 8. The van der Waals surface area contributed by atoms with Crippen molar-refractivity contribution >= 4 is 49.4 Å². The first-order valence-corrected chi connectivity index (χ1v) is 16.1. The van der Waals surface area contributed by atoms with Gasteiger partial charge in [0.25, 0.3) is 0 Å².